The summed E-state index contributed by atoms with van der Waals surface area (Å²) >= 11 is 0. The van der Waals surface area contributed by atoms with Crippen LogP contribution in [0.1, 0.15) is 52.0 Å². The number of nitrogens with one attached hydrogen (secondary N) is 1. The van der Waals surface area contributed by atoms with Crippen molar-refractivity contribution in [2.45, 2.75) is 64.6 Å². The van der Waals surface area contributed by atoms with Crippen LogP contribution in [0.15, 0.2) is 69.9 Å². The number of anilines is 1. The molecule has 10 nitrogen and oxygen atoms in total. The molecule has 46 heavy (non-hydrogen) atoms. The van der Waals surface area contributed by atoms with Crippen molar-refractivity contribution < 1.29 is 29.6 Å². The number of hydrogen-bond donors (Lipinski definition) is 4. The molecule has 2 aliphatic heterocycles. The van der Waals surface area contributed by atoms with Crippen LogP contribution in [0.2, 0.25) is 0 Å². The van der Waals surface area contributed by atoms with E-state index in [9.17, 15) is 24.9 Å². The Balaban J connectivity index is 1.42. The van der Waals surface area contributed by atoms with Crippen molar-refractivity contribution >= 4 is 35.6 Å². The second kappa shape index (κ2) is 13.1. The standard InChI is InChI=1S/C36H46N4O6/c1-21-27(10-8-24-16-26(46-34(24)45)15-23-7-9-25(40(5)6)17-30(23)43)35(3)12-11-32(44)36(4,20-41)31(35)18-28(21)39-22(2)29(42)19-33-37-13-14-38-33/h7-10,13,15-17,22,27-28,31-32,39,41,43-44H,1,11-12,14,18-20H2,2-6H3/b10-8+,26-15+/t22?,27?,28?,31?,32-,35-,36+/m1/s1. The number of aliphatic hydroxyl groups excluding tert-OH is 2. The maximum absolute atomic E-state index is 13.1. The van der Waals surface area contributed by atoms with E-state index < -0.39 is 23.5 Å². The van der Waals surface area contributed by atoms with Gasteiger partial charge in [0.15, 0.2) is 5.78 Å². The van der Waals surface area contributed by atoms with E-state index in [0.717, 1.165) is 11.3 Å². The predicted octanol–water partition coefficient (Wildman–Crippen LogP) is 3.98. The minimum Gasteiger partial charge on any atom is -0.507 e. The van der Waals surface area contributed by atoms with Crippen LogP contribution in [0, 0.1) is 22.7 Å². The lowest BCUT2D eigenvalue weighted by Gasteiger charge is -2.61. The number of aliphatic hydroxyl groups is 2. The van der Waals surface area contributed by atoms with Crippen LogP contribution in [0.3, 0.4) is 0 Å². The molecular formula is C36H46N4O6. The average Bonchev–Trinajstić information content (AvgIpc) is 3.66. The third kappa shape index (κ3) is 6.38. The van der Waals surface area contributed by atoms with Crippen LogP contribution in [0.25, 0.3) is 6.08 Å². The maximum Gasteiger partial charge on any atom is 0.343 e. The summed E-state index contributed by atoms with van der Waals surface area (Å²) in [6.45, 7) is 10.8. The van der Waals surface area contributed by atoms with Gasteiger partial charge in [0.25, 0.3) is 0 Å². The number of allylic oxidation sites excluding steroid dienone is 2. The molecular weight excluding hydrogens is 584 g/mol. The van der Waals surface area contributed by atoms with Gasteiger partial charge in [-0.15, -0.1) is 0 Å². The van der Waals surface area contributed by atoms with Crippen LogP contribution in [0.5, 0.6) is 5.75 Å². The highest BCUT2D eigenvalue weighted by atomic mass is 16.5. The number of ketones is 1. The number of rotatable bonds is 10. The van der Waals surface area contributed by atoms with Crippen LogP contribution in [-0.4, -0.2) is 84.6 Å². The van der Waals surface area contributed by atoms with Gasteiger partial charge in [0.2, 0.25) is 0 Å². The van der Waals surface area contributed by atoms with Crippen molar-refractivity contribution in [1.29, 1.82) is 0 Å². The van der Waals surface area contributed by atoms with E-state index in [1.165, 1.54) is 0 Å². The molecule has 5 rings (SSSR count). The first-order chi connectivity index (χ1) is 21.8. The van der Waals surface area contributed by atoms with Gasteiger partial charge in [-0.05, 0) is 61.8 Å². The SMILES string of the molecule is C=C1C(NC(C)C(=O)CC2=NCC=N2)CC2[C@](C)(CC[C@@H](O)[C@@]2(C)CO)C1/C=C/C1=CC(=C\c2ccc(N(C)C)cc2O)/OC1=O. The number of carbonyl (C=O) groups is 2. The highest BCUT2D eigenvalue weighted by Gasteiger charge is 2.59. The smallest absolute Gasteiger partial charge is 0.343 e. The summed E-state index contributed by atoms with van der Waals surface area (Å²) in [6, 6.07) is 4.52. The summed E-state index contributed by atoms with van der Waals surface area (Å²) in [7, 11) is 3.77. The van der Waals surface area contributed by atoms with Crippen molar-refractivity contribution in [1.82, 2.24) is 5.32 Å². The zero-order valence-corrected chi connectivity index (χ0v) is 27.4. The Labute approximate surface area is 271 Å². The van der Waals surface area contributed by atoms with Gasteiger partial charge >= 0.3 is 5.97 Å². The zero-order chi connectivity index (χ0) is 33.4. The molecule has 246 valence electrons. The Morgan fingerprint density at radius 2 is 2.07 bits per heavy atom. The fraction of sp³-hybridized carbons (Fsp3) is 0.500. The number of amidine groups is 1. The van der Waals surface area contributed by atoms with Gasteiger partial charge in [0.1, 0.15) is 17.3 Å². The molecule has 2 fully saturated rings. The lowest BCUT2D eigenvalue weighted by Crippen LogP contribution is -2.61. The fourth-order valence-electron chi connectivity index (χ4n) is 7.63. The van der Waals surface area contributed by atoms with E-state index in [1.54, 1.807) is 36.6 Å². The van der Waals surface area contributed by atoms with Gasteiger partial charge in [-0.2, -0.15) is 0 Å². The summed E-state index contributed by atoms with van der Waals surface area (Å²) in [4.78, 5) is 36.3. The van der Waals surface area contributed by atoms with Crippen molar-refractivity contribution in [3.8, 4) is 5.75 Å². The van der Waals surface area contributed by atoms with E-state index in [0.29, 0.717) is 48.5 Å². The Bertz CT molecular complexity index is 1560. The molecule has 0 aromatic heterocycles. The first kappa shape index (κ1) is 33.5. The molecule has 0 radical (unpaired) electrons. The largest absolute Gasteiger partial charge is 0.507 e. The average molecular weight is 631 g/mol. The monoisotopic (exact) mass is 630 g/mol. The number of carbonyl (C=O) groups excluding carboxylic acids is 2. The van der Waals surface area contributed by atoms with Gasteiger partial charge in [-0.3, -0.25) is 9.79 Å². The number of aliphatic imine (C=N–C) groups is 2. The van der Waals surface area contributed by atoms with Crippen molar-refractivity contribution in [2.24, 2.45) is 32.7 Å². The molecule has 2 saturated carbocycles. The third-order valence-electron chi connectivity index (χ3n) is 10.6. The lowest BCUT2D eigenvalue weighted by atomic mass is 9.45. The quantitative estimate of drug-likeness (QED) is 0.225. The molecule has 0 amide bonds. The van der Waals surface area contributed by atoms with Gasteiger partial charge < -0.3 is 30.3 Å². The molecule has 1 aromatic carbocycles. The van der Waals surface area contributed by atoms with E-state index in [1.807, 2.05) is 45.0 Å². The molecule has 0 saturated heterocycles. The summed E-state index contributed by atoms with van der Waals surface area (Å²) in [5, 5.41) is 35.7. The van der Waals surface area contributed by atoms with Crippen LogP contribution < -0.4 is 10.2 Å². The number of nitrogens with zero attached hydrogens (tertiary/aromatic N) is 3. The van der Waals surface area contributed by atoms with E-state index in [-0.39, 0.29) is 47.9 Å². The second-order valence-corrected chi connectivity index (χ2v) is 13.8. The minimum absolute atomic E-state index is 0.0276. The molecule has 2 heterocycles. The first-order valence-electron chi connectivity index (χ1n) is 15.9. The number of phenols is 1. The number of fused-ring (bicyclic) bond motifs is 1. The van der Waals surface area contributed by atoms with Gasteiger partial charge in [-0.1, -0.05) is 38.2 Å². The number of cyclic esters (lactones) is 1. The summed E-state index contributed by atoms with van der Waals surface area (Å²) in [5.74, 6) is 0.0693. The lowest BCUT2D eigenvalue weighted by molar-refractivity contribution is -0.149. The highest BCUT2D eigenvalue weighted by Crippen LogP contribution is 2.61. The van der Waals surface area contributed by atoms with Gasteiger partial charge in [-0.25, -0.2) is 9.79 Å². The number of phenolic OH excluding ortho intramolecular Hbond substituents is 1. The molecule has 1 aromatic rings. The van der Waals surface area contributed by atoms with Gasteiger partial charge in [0.05, 0.1) is 37.3 Å². The summed E-state index contributed by atoms with van der Waals surface area (Å²) in [6.07, 6.45) is 10.0. The van der Waals surface area contributed by atoms with Gasteiger partial charge in [0, 0.05) is 55.0 Å². The Morgan fingerprint density at radius 3 is 2.72 bits per heavy atom. The first-order valence-corrected chi connectivity index (χ1v) is 15.9. The number of esters is 1. The Kier molecular flexibility index (Phi) is 9.54. The number of ether oxygens (including phenoxy) is 1. The Hall–Kier alpha value is -3.86. The van der Waals surface area contributed by atoms with Crippen LogP contribution in [0.4, 0.5) is 5.69 Å². The normalized spacial score (nSPS) is 32.4. The highest BCUT2D eigenvalue weighted by molar-refractivity contribution is 6.07. The number of aromatic hydroxyl groups is 1. The maximum atomic E-state index is 13.1. The zero-order valence-electron chi connectivity index (χ0n) is 27.4. The summed E-state index contributed by atoms with van der Waals surface area (Å²) < 4.78 is 5.53. The molecule has 7 atom stereocenters. The number of Topliss-reactive ketones (excluding diaryl/α,β-unsaturated/α-hetero) is 1. The molecule has 0 bridgehead atoms. The molecule has 2 aliphatic carbocycles. The van der Waals surface area contributed by atoms with E-state index in [2.05, 4.69) is 28.8 Å². The third-order valence-corrected chi connectivity index (χ3v) is 10.6. The predicted molar refractivity (Wildman–Crippen MR) is 180 cm³/mol. The van der Waals surface area contributed by atoms with E-state index in [4.69, 9.17) is 4.74 Å². The van der Waals surface area contributed by atoms with Crippen molar-refractivity contribution in [3.05, 3.63) is 65.5 Å². The van der Waals surface area contributed by atoms with Crippen LogP contribution >= 0.6 is 0 Å². The molecule has 4 N–H and O–H groups in total. The van der Waals surface area contributed by atoms with E-state index >= 15 is 0 Å². The minimum atomic E-state index is -0.758. The van der Waals surface area contributed by atoms with Crippen molar-refractivity contribution in [3.63, 3.8) is 0 Å². The van der Waals surface area contributed by atoms with Crippen LogP contribution in [-0.2, 0) is 14.3 Å². The molecule has 4 unspecified atom stereocenters. The molecule has 4 aliphatic rings. The van der Waals surface area contributed by atoms with Crippen molar-refractivity contribution in [2.75, 3.05) is 32.1 Å². The fourth-order valence-corrected chi connectivity index (χ4v) is 7.63. The Morgan fingerprint density at radius 1 is 1.30 bits per heavy atom. The summed E-state index contributed by atoms with van der Waals surface area (Å²) in [5.41, 5.74) is 1.49. The topological polar surface area (TPSA) is 144 Å². The molecule has 0 spiro atoms. The number of hydrogen-bond acceptors (Lipinski definition) is 10. The number of benzene rings is 1. The second-order valence-electron chi connectivity index (χ2n) is 13.8. The molecule has 10 heteroatoms.